The van der Waals surface area contributed by atoms with Crippen molar-refractivity contribution >= 4 is 15.8 Å². The van der Waals surface area contributed by atoms with E-state index in [-0.39, 0.29) is 16.8 Å². The van der Waals surface area contributed by atoms with Gasteiger partial charge < -0.3 is 10.5 Å². The average Bonchev–Trinajstić information content (AvgIpc) is 2.40. The number of hydrogen-bond donors (Lipinski definition) is 1. The summed E-state index contributed by atoms with van der Waals surface area (Å²) >= 11 is 0. The van der Waals surface area contributed by atoms with Crippen molar-refractivity contribution in [3.8, 4) is 0 Å². The summed E-state index contributed by atoms with van der Waals surface area (Å²) in [5, 5.41) is 0. The Labute approximate surface area is 113 Å². The van der Waals surface area contributed by atoms with Crippen molar-refractivity contribution in [2.45, 2.75) is 30.3 Å². The Balaban J connectivity index is 2.10. The zero-order valence-corrected chi connectivity index (χ0v) is 11.8. The second-order valence-corrected chi connectivity index (χ2v) is 6.74. The van der Waals surface area contributed by atoms with Gasteiger partial charge in [0.25, 0.3) is 0 Å². The molecular weight excluding hydrogens is 266 g/mol. The van der Waals surface area contributed by atoms with Gasteiger partial charge in [-0.05, 0) is 25.3 Å². The first kappa shape index (κ1) is 14.2. The Morgan fingerprint density at radius 2 is 2.32 bits per heavy atom. The van der Waals surface area contributed by atoms with Gasteiger partial charge in [-0.15, -0.1) is 0 Å². The van der Waals surface area contributed by atoms with E-state index in [0.29, 0.717) is 13.2 Å². The van der Waals surface area contributed by atoms with E-state index in [1.165, 1.54) is 22.6 Å². The zero-order valence-electron chi connectivity index (χ0n) is 10.9. The van der Waals surface area contributed by atoms with Gasteiger partial charge in [-0.25, -0.2) is 13.4 Å². The van der Waals surface area contributed by atoms with Crippen LogP contribution in [0.4, 0.5) is 5.82 Å². The number of nitrogens with two attached hydrogens (primary N) is 1. The molecule has 0 amide bonds. The summed E-state index contributed by atoms with van der Waals surface area (Å²) < 4.78 is 31.6. The Kier molecular flexibility index (Phi) is 4.38. The van der Waals surface area contributed by atoms with Crippen molar-refractivity contribution in [3.63, 3.8) is 0 Å². The molecule has 1 saturated heterocycles. The fraction of sp³-hybridized carbons (Fsp3) is 0.583. The average molecular weight is 285 g/mol. The summed E-state index contributed by atoms with van der Waals surface area (Å²) in [5.74, 6) is 0.198. The van der Waals surface area contributed by atoms with Gasteiger partial charge in [0.2, 0.25) is 10.0 Å². The van der Waals surface area contributed by atoms with E-state index in [9.17, 15) is 8.42 Å². The third-order valence-electron chi connectivity index (χ3n) is 3.20. The third-order valence-corrected chi connectivity index (χ3v) is 5.01. The lowest BCUT2D eigenvalue weighted by Crippen LogP contribution is -2.37. The molecule has 106 valence electrons. The fourth-order valence-corrected chi connectivity index (χ4v) is 3.33. The summed E-state index contributed by atoms with van der Waals surface area (Å²) in [6.07, 6.45) is 4.41. The van der Waals surface area contributed by atoms with Crippen LogP contribution in [0.1, 0.15) is 19.3 Å². The summed E-state index contributed by atoms with van der Waals surface area (Å²) in [4.78, 5) is 3.96. The van der Waals surface area contributed by atoms with Gasteiger partial charge in [0.15, 0.2) is 0 Å². The van der Waals surface area contributed by atoms with Gasteiger partial charge in [0.05, 0.1) is 11.0 Å². The van der Waals surface area contributed by atoms with Crippen molar-refractivity contribution in [1.82, 2.24) is 9.29 Å². The van der Waals surface area contributed by atoms with E-state index in [4.69, 9.17) is 10.5 Å². The van der Waals surface area contributed by atoms with Crippen LogP contribution in [0, 0.1) is 0 Å². The SMILES string of the molecule is CN(CC1CCCCO1)S(=O)(=O)c1ccnc(N)c1. The maximum atomic E-state index is 12.3. The molecule has 6 nitrogen and oxygen atoms in total. The molecule has 1 aromatic heterocycles. The zero-order chi connectivity index (χ0) is 13.9. The summed E-state index contributed by atoms with van der Waals surface area (Å²) in [5.41, 5.74) is 5.52. The first-order valence-corrected chi connectivity index (χ1v) is 7.73. The molecule has 0 aliphatic carbocycles. The number of nitrogens with zero attached hydrogens (tertiary/aromatic N) is 2. The molecule has 1 aliphatic heterocycles. The fourth-order valence-electron chi connectivity index (χ4n) is 2.10. The lowest BCUT2D eigenvalue weighted by atomic mass is 10.1. The smallest absolute Gasteiger partial charge is 0.243 e. The molecule has 0 aromatic carbocycles. The second kappa shape index (κ2) is 5.85. The molecule has 1 aliphatic rings. The molecule has 2 heterocycles. The van der Waals surface area contributed by atoms with Crippen molar-refractivity contribution in [3.05, 3.63) is 18.3 Å². The number of nitrogen functional groups attached to an aromatic ring is 1. The quantitative estimate of drug-likeness (QED) is 0.886. The van der Waals surface area contributed by atoms with Crippen LogP contribution in [0.3, 0.4) is 0 Å². The number of anilines is 1. The van der Waals surface area contributed by atoms with Gasteiger partial charge in [-0.1, -0.05) is 0 Å². The van der Waals surface area contributed by atoms with E-state index in [1.54, 1.807) is 7.05 Å². The lowest BCUT2D eigenvalue weighted by Gasteiger charge is -2.27. The highest BCUT2D eigenvalue weighted by Crippen LogP contribution is 2.19. The Morgan fingerprint density at radius 3 is 2.95 bits per heavy atom. The maximum Gasteiger partial charge on any atom is 0.243 e. The minimum Gasteiger partial charge on any atom is -0.384 e. The standard InChI is InChI=1S/C12H19N3O3S/c1-15(9-10-4-2-3-7-18-10)19(16,17)11-5-6-14-12(13)8-11/h5-6,8,10H,2-4,7,9H2,1H3,(H2,13,14). The van der Waals surface area contributed by atoms with Crippen LogP contribution in [-0.2, 0) is 14.8 Å². The molecule has 0 saturated carbocycles. The van der Waals surface area contributed by atoms with Gasteiger partial charge in [0.1, 0.15) is 5.82 Å². The molecule has 0 bridgehead atoms. The van der Waals surface area contributed by atoms with Crippen molar-refractivity contribution in [2.24, 2.45) is 0 Å². The third kappa shape index (κ3) is 3.43. The highest BCUT2D eigenvalue weighted by Gasteiger charge is 2.25. The van der Waals surface area contributed by atoms with Crippen molar-refractivity contribution in [1.29, 1.82) is 0 Å². The predicted molar refractivity (Wildman–Crippen MR) is 72.1 cm³/mol. The molecule has 0 radical (unpaired) electrons. The first-order valence-electron chi connectivity index (χ1n) is 6.29. The Bertz CT molecular complexity index is 527. The summed E-state index contributed by atoms with van der Waals surface area (Å²) in [6, 6.07) is 2.82. The minimum absolute atomic E-state index is 0.0206. The number of ether oxygens (including phenoxy) is 1. The topological polar surface area (TPSA) is 85.5 Å². The van der Waals surface area contributed by atoms with Crippen LogP contribution in [0.25, 0.3) is 0 Å². The van der Waals surface area contributed by atoms with Crippen molar-refractivity contribution < 1.29 is 13.2 Å². The van der Waals surface area contributed by atoms with Gasteiger partial charge >= 0.3 is 0 Å². The van der Waals surface area contributed by atoms with E-state index in [2.05, 4.69) is 4.98 Å². The Hall–Kier alpha value is -1.18. The molecule has 19 heavy (non-hydrogen) atoms. The molecule has 1 atom stereocenters. The van der Waals surface area contributed by atoms with Crippen molar-refractivity contribution in [2.75, 3.05) is 25.9 Å². The highest BCUT2D eigenvalue weighted by molar-refractivity contribution is 7.89. The molecule has 1 fully saturated rings. The van der Waals surface area contributed by atoms with Crippen LogP contribution in [-0.4, -0.2) is 44.0 Å². The number of hydrogen-bond acceptors (Lipinski definition) is 5. The van der Waals surface area contributed by atoms with E-state index < -0.39 is 10.0 Å². The van der Waals surface area contributed by atoms with Gasteiger partial charge in [0, 0.05) is 32.5 Å². The molecule has 1 unspecified atom stereocenters. The molecule has 7 heteroatoms. The van der Waals surface area contributed by atoms with Gasteiger partial charge in [-0.2, -0.15) is 4.31 Å². The lowest BCUT2D eigenvalue weighted by molar-refractivity contribution is 0.00858. The molecule has 0 spiro atoms. The van der Waals surface area contributed by atoms with E-state index in [0.717, 1.165) is 19.3 Å². The molecule has 2 rings (SSSR count). The largest absolute Gasteiger partial charge is 0.384 e. The minimum atomic E-state index is -3.53. The van der Waals surface area contributed by atoms with Crippen LogP contribution in [0.5, 0.6) is 0 Å². The first-order chi connectivity index (χ1) is 9.00. The second-order valence-electron chi connectivity index (χ2n) is 4.69. The number of likely N-dealkylation sites (N-methyl/N-ethyl adjacent to an activating group) is 1. The van der Waals surface area contributed by atoms with E-state index in [1.807, 2.05) is 0 Å². The van der Waals surface area contributed by atoms with Crippen LogP contribution in [0.15, 0.2) is 23.2 Å². The molecular formula is C12H19N3O3S. The van der Waals surface area contributed by atoms with Crippen LogP contribution >= 0.6 is 0 Å². The normalized spacial score (nSPS) is 20.6. The monoisotopic (exact) mass is 285 g/mol. The van der Waals surface area contributed by atoms with E-state index >= 15 is 0 Å². The maximum absolute atomic E-state index is 12.3. The highest BCUT2D eigenvalue weighted by atomic mass is 32.2. The summed E-state index contributed by atoms with van der Waals surface area (Å²) in [7, 11) is -1.97. The number of rotatable bonds is 4. The summed E-state index contributed by atoms with van der Waals surface area (Å²) in [6.45, 7) is 1.07. The van der Waals surface area contributed by atoms with Crippen LogP contribution in [0.2, 0.25) is 0 Å². The number of pyridine rings is 1. The number of sulfonamides is 1. The Morgan fingerprint density at radius 1 is 1.53 bits per heavy atom. The number of aromatic nitrogens is 1. The predicted octanol–water partition coefficient (Wildman–Crippen LogP) is 0.853. The molecule has 2 N–H and O–H groups in total. The molecule has 1 aromatic rings. The van der Waals surface area contributed by atoms with Gasteiger partial charge in [-0.3, -0.25) is 0 Å². The van der Waals surface area contributed by atoms with Crippen LogP contribution < -0.4 is 5.73 Å².